The van der Waals surface area contributed by atoms with Crippen LogP contribution in [-0.4, -0.2) is 43.1 Å². The van der Waals surface area contributed by atoms with Gasteiger partial charge in [-0.2, -0.15) is 0 Å². The van der Waals surface area contributed by atoms with Gasteiger partial charge < -0.3 is 19.8 Å². The van der Waals surface area contributed by atoms with Gasteiger partial charge in [0.05, 0.1) is 22.8 Å². The molecule has 0 spiro atoms. The summed E-state index contributed by atoms with van der Waals surface area (Å²) in [6.07, 6.45) is 1.22. The summed E-state index contributed by atoms with van der Waals surface area (Å²) in [6.45, 7) is 2.35. The van der Waals surface area contributed by atoms with Crippen molar-refractivity contribution in [2.75, 3.05) is 18.0 Å². The van der Waals surface area contributed by atoms with Gasteiger partial charge >= 0.3 is 5.97 Å². The van der Waals surface area contributed by atoms with Crippen molar-refractivity contribution in [2.24, 2.45) is 0 Å². The van der Waals surface area contributed by atoms with E-state index < -0.39 is 21.6 Å². The minimum atomic E-state index is -3.96. The zero-order chi connectivity index (χ0) is 22.3. The molecular formula is C21H19N3O6S. The number of H-pyrrole nitrogens is 2. The molecule has 0 aliphatic carbocycles. The first kappa shape index (κ1) is 20.5. The lowest BCUT2D eigenvalue weighted by molar-refractivity contribution is 0.0699. The number of nitrogens with zero attached hydrogens (tertiary/aromatic N) is 1. The quantitative estimate of drug-likeness (QED) is 0.421. The Morgan fingerprint density at radius 3 is 2.52 bits per heavy atom. The minimum absolute atomic E-state index is 0.0396. The van der Waals surface area contributed by atoms with Crippen LogP contribution in [0.5, 0.6) is 5.75 Å². The van der Waals surface area contributed by atoms with Gasteiger partial charge in [-0.25, -0.2) is 13.2 Å². The van der Waals surface area contributed by atoms with Gasteiger partial charge in [0.1, 0.15) is 11.3 Å². The number of aromatic carboxylic acids is 1. The Balaban J connectivity index is 1.86. The highest BCUT2D eigenvalue weighted by atomic mass is 32.2. The minimum Gasteiger partial charge on any atom is -0.494 e. The molecule has 0 aliphatic rings. The topological polar surface area (TPSA) is 133 Å². The Bertz CT molecular complexity index is 1470. The Labute approximate surface area is 176 Å². The fourth-order valence-corrected chi connectivity index (χ4v) is 4.67. The first-order valence-corrected chi connectivity index (χ1v) is 10.8. The number of nitrogens with one attached hydrogen (secondary N) is 2. The predicted molar refractivity (Wildman–Crippen MR) is 117 cm³/mol. The Morgan fingerprint density at radius 1 is 1.16 bits per heavy atom. The van der Waals surface area contributed by atoms with Crippen LogP contribution in [0.2, 0.25) is 0 Å². The first-order valence-electron chi connectivity index (χ1n) is 9.36. The zero-order valence-corrected chi connectivity index (χ0v) is 17.5. The van der Waals surface area contributed by atoms with Crippen molar-refractivity contribution in [1.29, 1.82) is 0 Å². The van der Waals surface area contributed by atoms with E-state index in [-0.39, 0.29) is 21.4 Å². The summed E-state index contributed by atoms with van der Waals surface area (Å²) in [7, 11) is -2.53. The molecule has 0 bridgehead atoms. The molecule has 9 nitrogen and oxygen atoms in total. The van der Waals surface area contributed by atoms with E-state index in [1.54, 1.807) is 24.3 Å². The maximum absolute atomic E-state index is 13.2. The molecule has 0 atom stereocenters. The molecule has 0 aliphatic heterocycles. The van der Waals surface area contributed by atoms with E-state index in [0.717, 1.165) is 4.31 Å². The van der Waals surface area contributed by atoms with Crippen molar-refractivity contribution < 1.29 is 23.1 Å². The van der Waals surface area contributed by atoms with E-state index in [9.17, 15) is 23.1 Å². The third kappa shape index (κ3) is 3.40. The number of carbonyl (C=O) groups is 1. The highest BCUT2D eigenvalue weighted by molar-refractivity contribution is 7.92. The van der Waals surface area contributed by atoms with Crippen LogP contribution in [-0.2, 0) is 10.0 Å². The van der Waals surface area contributed by atoms with E-state index in [1.807, 2.05) is 6.92 Å². The van der Waals surface area contributed by atoms with Crippen molar-refractivity contribution in [3.05, 3.63) is 64.6 Å². The van der Waals surface area contributed by atoms with Gasteiger partial charge in [-0.15, -0.1) is 0 Å². The molecule has 3 N–H and O–H groups in total. The number of ether oxygens (including phenoxy) is 1. The lowest BCUT2D eigenvalue weighted by atomic mass is 10.1. The second-order valence-corrected chi connectivity index (χ2v) is 8.79. The highest BCUT2D eigenvalue weighted by Crippen LogP contribution is 2.29. The molecule has 0 unspecified atom stereocenters. The Kier molecular flexibility index (Phi) is 4.94. The number of carboxylic acids is 1. The third-order valence-electron chi connectivity index (χ3n) is 5.02. The maximum Gasteiger partial charge on any atom is 0.337 e. The molecule has 0 saturated carbocycles. The molecular weight excluding hydrogens is 422 g/mol. The Morgan fingerprint density at radius 2 is 1.87 bits per heavy atom. The van der Waals surface area contributed by atoms with Crippen molar-refractivity contribution in [3.63, 3.8) is 0 Å². The van der Waals surface area contributed by atoms with Crippen molar-refractivity contribution in [1.82, 2.24) is 9.97 Å². The number of fused-ring (bicyclic) bond motifs is 3. The summed E-state index contributed by atoms with van der Waals surface area (Å²) < 4.78 is 33.0. The van der Waals surface area contributed by atoms with Crippen molar-refractivity contribution in [3.8, 4) is 5.75 Å². The second kappa shape index (κ2) is 7.47. The van der Waals surface area contributed by atoms with E-state index >= 15 is 0 Å². The number of anilines is 1. The van der Waals surface area contributed by atoms with Gasteiger partial charge in [0, 0.05) is 29.5 Å². The van der Waals surface area contributed by atoms with Gasteiger partial charge in [-0.3, -0.25) is 9.10 Å². The van der Waals surface area contributed by atoms with Gasteiger partial charge in [-0.05, 0) is 49.4 Å². The largest absolute Gasteiger partial charge is 0.494 e. The number of rotatable bonds is 6. The number of hydrogen-bond donors (Lipinski definition) is 3. The van der Waals surface area contributed by atoms with Crippen LogP contribution < -0.4 is 14.6 Å². The monoisotopic (exact) mass is 441 g/mol. The fourth-order valence-electron chi connectivity index (χ4n) is 3.45. The molecule has 160 valence electrons. The molecule has 10 heteroatoms. The summed E-state index contributed by atoms with van der Waals surface area (Å²) in [4.78, 5) is 29.1. The molecule has 31 heavy (non-hydrogen) atoms. The van der Waals surface area contributed by atoms with Crippen LogP contribution in [0.3, 0.4) is 0 Å². The van der Waals surface area contributed by atoms with Crippen LogP contribution in [0, 0.1) is 0 Å². The van der Waals surface area contributed by atoms with Gasteiger partial charge in [-0.1, -0.05) is 0 Å². The molecule has 2 heterocycles. The zero-order valence-electron chi connectivity index (χ0n) is 16.7. The standard InChI is InChI=1S/C21H19N3O6S/c1-3-30-13-6-4-12(5-7-13)24(2)31(28,29)14-8-9-17-15(10-14)18-16(21(26)27)11-22-19(18)20(25)23-17/h4-11,22H,3H2,1-2H3,(H,23,25)(H,26,27). The molecule has 4 rings (SSSR count). The smallest absolute Gasteiger partial charge is 0.337 e. The number of aromatic nitrogens is 2. The number of sulfonamides is 1. The Hall–Kier alpha value is -3.79. The summed E-state index contributed by atoms with van der Waals surface area (Å²) in [5, 5.41) is 9.95. The number of aromatic amines is 2. The van der Waals surface area contributed by atoms with Crippen LogP contribution in [0.25, 0.3) is 21.8 Å². The fraction of sp³-hybridized carbons (Fsp3) is 0.143. The average Bonchev–Trinajstić information content (AvgIpc) is 3.20. The number of carboxylic acid groups (broad SMARTS) is 1. The number of hydrogen-bond acceptors (Lipinski definition) is 5. The normalized spacial score (nSPS) is 11.7. The van der Waals surface area contributed by atoms with Crippen molar-refractivity contribution >= 4 is 43.5 Å². The molecule has 0 saturated heterocycles. The molecule has 2 aromatic heterocycles. The molecule has 2 aromatic carbocycles. The number of benzene rings is 2. The van der Waals surface area contributed by atoms with E-state index in [2.05, 4.69) is 9.97 Å². The van der Waals surface area contributed by atoms with Crippen LogP contribution in [0.4, 0.5) is 5.69 Å². The SMILES string of the molecule is CCOc1ccc(N(C)S(=O)(=O)c2ccc3[nH]c(=O)c4[nH]cc(C(=O)O)c4c3c2)cc1. The average molecular weight is 441 g/mol. The van der Waals surface area contributed by atoms with Gasteiger partial charge in [0.25, 0.3) is 15.6 Å². The van der Waals surface area contributed by atoms with Crippen LogP contribution in [0.15, 0.2) is 58.4 Å². The van der Waals surface area contributed by atoms with Crippen LogP contribution >= 0.6 is 0 Å². The second-order valence-electron chi connectivity index (χ2n) is 6.82. The highest BCUT2D eigenvalue weighted by Gasteiger charge is 2.23. The van der Waals surface area contributed by atoms with Gasteiger partial charge in [0.2, 0.25) is 0 Å². The van der Waals surface area contributed by atoms with E-state index in [1.165, 1.54) is 31.4 Å². The van der Waals surface area contributed by atoms with E-state index in [4.69, 9.17) is 4.74 Å². The lowest BCUT2D eigenvalue weighted by Crippen LogP contribution is -2.26. The molecule has 0 radical (unpaired) electrons. The molecule has 0 fully saturated rings. The van der Waals surface area contributed by atoms with E-state index in [0.29, 0.717) is 28.9 Å². The van der Waals surface area contributed by atoms with Gasteiger partial charge in [0.15, 0.2) is 0 Å². The molecule has 4 aromatic rings. The molecule has 0 amide bonds. The lowest BCUT2D eigenvalue weighted by Gasteiger charge is -2.20. The first-order chi connectivity index (χ1) is 14.7. The van der Waals surface area contributed by atoms with Crippen molar-refractivity contribution in [2.45, 2.75) is 11.8 Å². The van der Waals surface area contributed by atoms with Crippen LogP contribution in [0.1, 0.15) is 17.3 Å². The summed E-state index contributed by atoms with van der Waals surface area (Å²) in [5.41, 5.74) is 0.238. The predicted octanol–water partition coefficient (Wildman–Crippen LogP) is 2.93. The third-order valence-corrected chi connectivity index (χ3v) is 6.80. The number of pyridine rings is 1. The summed E-state index contributed by atoms with van der Waals surface area (Å²) in [5.74, 6) is -0.597. The summed E-state index contributed by atoms with van der Waals surface area (Å²) >= 11 is 0. The summed E-state index contributed by atoms with van der Waals surface area (Å²) in [6, 6.07) is 10.8. The maximum atomic E-state index is 13.2.